The van der Waals surface area contributed by atoms with E-state index >= 15 is 0 Å². The molecule has 5 nitrogen and oxygen atoms in total. The summed E-state index contributed by atoms with van der Waals surface area (Å²) in [6, 6.07) is 18.3. The largest absolute Gasteiger partial charge is 0.459 e. The Morgan fingerprint density at radius 3 is 2.62 bits per heavy atom. The second-order valence-electron chi connectivity index (χ2n) is 5.64. The van der Waals surface area contributed by atoms with Crippen molar-refractivity contribution in [2.75, 3.05) is 0 Å². The molecular formula is C20H14ClN3O2. The van der Waals surface area contributed by atoms with Crippen molar-refractivity contribution in [3.63, 3.8) is 0 Å². The van der Waals surface area contributed by atoms with Crippen molar-refractivity contribution in [1.29, 1.82) is 0 Å². The number of hydrogen-bond donors (Lipinski definition) is 2. The molecule has 0 aliphatic heterocycles. The van der Waals surface area contributed by atoms with Crippen LogP contribution in [0.5, 0.6) is 0 Å². The lowest BCUT2D eigenvalue weighted by Gasteiger charge is -2.07. The van der Waals surface area contributed by atoms with E-state index in [9.17, 15) is 4.79 Å². The fourth-order valence-corrected chi connectivity index (χ4v) is 2.69. The highest BCUT2D eigenvalue weighted by atomic mass is 35.5. The van der Waals surface area contributed by atoms with E-state index < -0.39 is 0 Å². The second-order valence-corrected chi connectivity index (χ2v) is 6.08. The van der Waals surface area contributed by atoms with Crippen LogP contribution in [0.1, 0.15) is 21.9 Å². The number of rotatable bonds is 4. The number of halogens is 1. The molecule has 1 amide bonds. The second kappa shape index (κ2) is 6.90. The summed E-state index contributed by atoms with van der Waals surface area (Å²) in [5, 5.41) is 3.51. The van der Waals surface area contributed by atoms with Crippen LogP contribution >= 0.6 is 11.6 Å². The van der Waals surface area contributed by atoms with Gasteiger partial charge in [-0.1, -0.05) is 35.9 Å². The Bertz CT molecular complexity index is 1050. The van der Waals surface area contributed by atoms with Crippen molar-refractivity contribution in [3.05, 3.63) is 89.1 Å². The number of furan rings is 1. The summed E-state index contributed by atoms with van der Waals surface area (Å²) in [7, 11) is 0. The zero-order valence-electron chi connectivity index (χ0n) is 13.6. The highest BCUT2D eigenvalue weighted by Crippen LogP contribution is 2.19. The first-order valence-corrected chi connectivity index (χ1v) is 8.34. The first kappa shape index (κ1) is 16.2. The number of amides is 1. The average molecular weight is 364 g/mol. The SMILES string of the molecule is O=C(N/C(=C/c1ccc(Cl)cc1)c1nc2ccccc2[nH]1)c1ccco1. The third-order valence-electron chi connectivity index (χ3n) is 3.82. The smallest absolute Gasteiger partial charge is 0.291 e. The number of H-pyrrole nitrogens is 1. The van der Waals surface area contributed by atoms with Crippen LogP contribution in [0.15, 0.2) is 71.3 Å². The summed E-state index contributed by atoms with van der Waals surface area (Å²) in [4.78, 5) is 20.2. The van der Waals surface area contributed by atoms with E-state index in [2.05, 4.69) is 15.3 Å². The molecule has 0 atom stereocenters. The van der Waals surface area contributed by atoms with Crippen LogP contribution in [0.25, 0.3) is 22.8 Å². The molecule has 0 aliphatic rings. The van der Waals surface area contributed by atoms with Crippen LogP contribution in [-0.4, -0.2) is 15.9 Å². The molecule has 4 aromatic rings. The van der Waals surface area contributed by atoms with Crippen molar-refractivity contribution in [2.24, 2.45) is 0 Å². The molecule has 26 heavy (non-hydrogen) atoms. The number of imidazole rings is 1. The van der Waals surface area contributed by atoms with Crippen LogP contribution in [-0.2, 0) is 0 Å². The number of carbonyl (C=O) groups is 1. The lowest BCUT2D eigenvalue weighted by atomic mass is 10.2. The molecule has 2 heterocycles. The molecule has 0 aliphatic carbocycles. The molecular weight excluding hydrogens is 350 g/mol. The Balaban J connectivity index is 1.75. The number of aromatic nitrogens is 2. The summed E-state index contributed by atoms with van der Waals surface area (Å²) in [6.45, 7) is 0. The molecule has 0 spiro atoms. The van der Waals surface area contributed by atoms with Crippen molar-refractivity contribution in [3.8, 4) is 0 Å². The third-order valence-corrected chi connectivity index (χ3v) is 4.07. The van der Waals surface area contributed by atoms with Gasteiger partial charge in [-0.2, -0.15) is 0 Å². The highest BCUT2D eigenvalue weighted by molar-refractivity contribution is 6.30. The van der Waals surface area contributed by atoms with E-state index in [1.54, 1.807) is 24.3 Å². The average Bonchev–Trinajstić information content (AvgIpc) is 3.32. The van der Waals surface area contributed by atoms with Gasteiger partial charge in [-0.3, -0.25) is 4.79 Å². The number of para-hydroxylation sites is 2. The van der Waals surface area contributed by atoms with Gasteiger partial charge in [0, 0.05) is 5.02 Å². The molecule has 4 rings (SSSR count). The summed E-state index contributed by atoms with van der Waals surface area (Å²) in [5.74, 6) is 0.430. The van der Waals surface area contributed by atoms with E-state index in [4.69, 9.17) is 16.0 Å². The normalized spacial score (nSPS) is 11.7. The maximum absolute atomic E-state index is 12.4. The van der Waals surface area contributed by atoms with Crippen LogP contribution in [0, 0.1) is 0 Å². The molecule has 128 valence electrons. The fourth-order valence-electron chi connectivity index (χ4n) is 2.56. The van der Waals surface area contributed by atoms with Gasteiger partial charge < -0.3 is 14.7 Å². The van der Waals surface area contributed by atoms with Crippen LogP contribution in [0.3, 0.4) is 0 Å². The van der Waals surface area contributed by atoms with Crippen molar-refractivity contribution in [1.82, 2.24) is 15.3 Å². The molecule has 0 fully saturated rings. The maximum Gasteiger partial charge on any atom is 0.291 e. The van der Waals surface area contributed by atoms with Gasteiger partial charge in [0.15, 0.2) is 11.6 Å². The summed E-state index contributed by atoms with van der Waals surface area (Å²) >= 11 is 5.95. The van der Waals surface area contributed by atoms with Crippen LogP contribution < -0.4 is 5.32 Å². The third kappa shape index (κ3) is 3.38. The molecule has 0 unspecified atom stereocenters. The zero-order valence-corrected chi connectivity index (χ0v) is 14.3. The molecule has 2 aromatic heterocycles. The monoisotopic (exact) mass is 363 g/mol. The van der Waals surface area contributed by atoms with Gasteiger partial charge in [0.1, 0.15) is 0 Å². The zero-order chi connectivity index (χ0) is 17.9. The van der Waals surface area contributed by atoms with Gasteiger partial charge in [0.25, 0.3) is 5.91 Å². The van der Waals surface area contributed by atoms with Gasteiger partial charge >= 0.3 is 0 Å². The fraction of sp³-hybridized carbons (Fsp3) is 0. The molecule has 0 radical (unpaired) electrons. The molecule has 2 N–H and O–H groups in total. The van der Waals surface area contributed by atoms with E-state index in [0.29, 0.717) is 16.5 Å². The topological polar surface area (TPSA) is 70.9 Å². The van der Waals surface area contributed by atoms with E-state index in [1.807, 2.05) is 42.5 Å². The summed E-state index contributed by atoms with van der Waals surface area (Å²) < 4.78 is 5.17. The first-order chi connectivity index (χ1) is 12.7. The Labute approximate surface area is 154 Å². The van der Waals surface area contributed by atoms with Crippen molar-refractivity contribution < 1.29 is 9.21 Å². The highest BCUT2D eigenvalue weighted by Gasteiger charge is 2.15. The predicted octanol–water partition coefficient (Wildman–Crippen LogP) is 4.74. The van der Waals surface area contributed by atoms with Crippen molar-refractivity contribution in [2.45, 2.75) is 0 Å². The Kier molecular flexibility index (Phi) is 4.29. The number of benzene rings is 2. The van der Waals surface area contributed by atoms with Gasteiger partial charge in [-0.25, -0.2) is 4.98 Å². The van der Waals surface area contributed by atoms with Gasteiger partial charge in [-0.05, 0) is 48.0 Å². The molecule has 6 heteroatoms. The first-order valence-electron chi connectivity index (χ1n) is 7.96. The van der Waals surface area contributed by atoms with Gasteiger partial charge in [0.2, 0.25) is 0 Å². The molecule has 0 bridgehead atoms. The minimum Gasteiger partial charge on any atom is -0.459 e. The number of nitrogens with zero attached hydrogens (tertiary/aromatic N) is 1. The molecule has 0 saturated carbocycles. The minimum atomic E-state index is -0.351. The summed E-state index contributed by atoms with van der Waals surface area (Å²) in [6.07, 6.45) is 3.29. The number of hydrogen-bond acceptors (Lipinski definition) is 3. The van der Waals surface area contributed by atoms with Crippen LogP contribution in [0.2, 0.25) is 5.02 Å². The Hall–Kier alpha value is -3.31. The maximum atomic E-state index is 12.4. The van der Waals surface area contributed by atoms with E-state index in [-0.39, 0.29) is 11.7 Å². The van der Waals surface area contributed by atoms with Gasteiger partial charge in [0.05, 0.1) is 23.0 Å². The predicted molar refractivity (Wildman–Crippen MR) is 102 cm³/mol. The Morgan fingerprint density at radius 2 is 1.88 bits per heavy atom. The standard InChI is InChI=1S/C20H14ClN3O2/c21-14-9-7-13(8-10-14)12-17(24-20(25)18-6-3-11-26-18)19-22-15-4-1-2-5-16(15)23-19/h1-12H,(H,22,23)(H,24,25)/b17-12+. The summed E-state index contributed by atoms with van der Waals surface area (Å²) in [5.41, 5.74) is 3.11. The lowest BCUT2D eigenvalue weighted by molar-refractivity contribution is 0.0946. The molecule has 0 saturated heterocycles. The van der Waals surface area contributed by atoms with E-state index in [0.717, 1.165) is 16.6 Å². The van der Waals surface area contributed by atoms with E-state index in [1.165, 1.54) is 6.26 Å². The minimum absolute atomic E-state index is 0.225. The van der Waals surface area contributed by atoms with Gasteiger partial charge in [-0.15, -0.1) is 0 Å². The van der Waals surface area contributed by atoms with Crippen molar-refractivity contribution >= 4 is 40.3 Å². The Morgan fingerprint density at radius 1 is 1.08 bits per heavy atom. The quantitative estimate of drug-likeness (QED) is 0.550. The number of aromatic amines is 1. The number of nitrogens with one attached hydrogen (secondary N) is 2. The lowest BCUT2D eigenvalue weighted by Crippen LogP contribution is -2.22. The number of fused-ring (bicyclic) bond motifs is 1. The number of carbonyl (C=O) groups excluding carboxylic acids is 1. The van der Waals surface area contributed by atoms with Crippen LogP contribution in [0.4, 0.5) is 0 Å². The molecule has 2 aromatic carbocycles.